The highest BCUT2D eigenvalue weighted by atomic mass is 16.5. The van der Waals surface area contributed by atoms with Crippen molar-refractivity contribution in [3.8, 4) is 5.75 Å². The molecule has 25 heavy (non-hydrogen) atoms. The maximum atomic E-state index is 12.2. The van der Waals surface area contributed by atoms with Gasteiger partial charge < -0.3 is 15.2 Å². The zero-order chi connectivity index (χ0) is 17.6. The van der Waals surface area contributed by atoms with Crippen LogP contribution in [-0.2, 0) is 0 Å². The predicted molar refractivity (Wildman–Crippen MR) is 90.4 cm³/mol. The summed E-state index contributed by atoms with van der Waals surface area (Å²) in [6.45, 7) is 0.553. The monoisotopic (exact) mass is 338 g/mol. The molecule has 0 saturated carbocycles. The fourth-order valence-corrected chi connectivity index (χ4v) is 2.12. The Bertz CT molecular complexity index is 859. The number of amides is 1. The molecule has 0 aliphatic carbocycles. The average molecular weight is 338 g/mol. The van der Waals surface area contributed by atoms with Gasteiger partial charge in [0.25, 0.3) is 5.91 Å². The Morgan fingerprint density at radius 1 is 1.12 bits per heavy atom. The molecule has 0 unspecified atom stereocenters. The van der Waals surface area contributed by atoms with Gasteiger partial charge >= 0.3 is 5.97 Å². The zero-order valence-corrected chi connectivity index (χ0v) is 13.0. The molecule has 1 aliphatic heterocycles. The second kappa shape index (κ2) is 7.35. The summed E-state index contributed by atoms with van der Waals surface area (Å²) in [5.74, 6) is -0.290. The van der Waals surface area contributed by atoms with Crippen LogP contribution in [0.3, 0.4) is 0 Å². The predicted octanol–water partition coefficient (Wildman–Crippen LogP) is 2.84. The molecule has 8 heteroatoms. The molecular weight excluding hydrogens is 324 g/mol. The lowest BCUT2D eigenvalue weighted by atomic mass is 10.1. The number of aromatic carboxylic acids is 1. The summed E-state index contributed by atoms with van der Waals surface area (Å²) in [6.07, 6.45) is 0. The van der Waals surface area contributed by atoms with Crippen LogP contribution in [-0.4, -0.2) is 36.1 Å². The molecular formula is C17H14N4O4. The number of benzene rings is 2. The number of azo groups is 1. The van der Waals surface area contributed by atoms with Crippen molar-refractivity contribution in [1.82, 2.24) is 0 Å². The number of nitrogens with zero attached hydrogens (tertiary/aromatic N) is 3. The third-order valence-corrected chi connectivity index (χ3v) is 3.35. The highest BCUT2D eigenvalue weighted by Crippen LogP contribution is 2.16. The summed E-state index contributed by atoms with van der Waals surface area (Å²) < 4.78 is 5.50. The molecule has 1 aliphatic rings. The lowest BCUT2D eigenvalue weighted by Gasteiger charge is -2.08. The normalized spacial score (nSPS) is 12.6. The number of aliphatic imine (C=N–C) groups is 1. The van der Waals surface area contributed by atoms with E-state index in [1.807, 2.05) is 0 Å². The molecule has 1 amide bonds. The molecule has 0 saturated heterocycles. The van der Waals surface area contributed by atoms with Crippen LogP contribution in [0, 0.1) is 0 Å². The van der Waals surface area contributed by atoms with Gasteiger partial charge in [0, 0.05) is 11.3 Å². The van der Waals surface area contributed by atoms with Gasteiger partial charge in [0.2, 0.25) is 0 Å². The molecule has 0 atom stereocenters. The lowest BCUT2D eigenvalue weighted by molar-refractivity contribution is 0.0696. The van der Waals surface area contributed by atoms with E-state index in [1.54, 1.807) is 36.4 Å². The summed E-state index contributed by atoms with van der Waals surface area (Å²) in [5.41, 5.74) is 0.939. The van der Waals surface area contributed by atoms with E-state index in [1.165, 1.54) is 12.1 Å². The van der Waals surface area contributed by atoms with Gasteiger partial charge in [0.05, 0.1) is 5.56 Å². The second-order valence-electron chi connectivity index (χ2n) is 5.11. The van der Waals surface area contributed by atoms with Crippen LogP contribution in [0.15, 0.2) is 63.8 Å². The number of amidine groups is 1. The Morgan fingerprint density at radius 3 is 2.60 bits per heavy atom. The first kappa shape index (κ1) is 16.3. The Labute approximate surface area is 142 Å². The number of carboxylic acids is 1. The summed E-state index contributed by atoms with van der Waals surface area (Å²) in [6, 6.07) is 12.6. The van der Waals surface area contributed by atoms with Gasteiger partial charge in [-0.2, -0.15) is 5.11 Å². The molecule has 0 spiro atoms. The summed E-state index contributed by atoms with van der Waals surface area (Å²) >= 11 is 0. The standard InChI is InChI=1S/C17H14N4O4/c22-16(20-13-3-1-2-12(8-13)17(23)24)11-4-6-14(7-5-11)25-9-15-18-10-19-21-15/h1-8H,9-10H2,(H,20,22)(H,23,24). The largest absolute Gasteiger partial charge is 0.486 e. The van der Waals surface area contributed by atoms with E-state index in [0.717, 1.165) is 0 Å². The van der Waals surface area contributed by atoms with Gasteiger partial charge in [-0.15, -0.1) is 5.11 Å². The van der Waals surface area contributed by atoms with E-state index in [2.05, 4.69) is 20.5 Å². The van der Waals surface area contributed by atoms with E-state index >= 15 is 0 Å². The van der Waals surface area contributed by atoms with Crippen LogP contribution >= 0.6 is 0 Å². The molecule has 2 N–H and O–H groups in total. The Balaban J connectivity index is 1.61. The summed E-state index contributed by atoms with van der Waals surface area (Å²) in [4.78, 5) is 27.2. The summed E-state index contributed by atoms with van der Waals surface area (Å²) in [7, 11) is 0. The van der Waals surface area contributed by atoms with Gasteiger partial charge in [-0.25, -0.2) is 9.79 Å². The quantitative estimate of drug-likeness (QED) is 0.843. The van der Waals surface area contributed by atoms with Crippen molar-refractivity contribution in [3.05, 3.63) is 59.7 Å². The molecule has 0 fully saturated rings. The first-order chi connectivity index (χ1) is 12.1. The van der Waals surface area contributed by atoms with Crippen LogP contribution in [0.4, 0.5) is 5.69 Å². The third kappa shape index (κ3) is 4.25. The number of nitrogens with one attached hydrogen (secondary N) is 1. The maximum absolute atomic E-state index is 12.2. The van der Waals surface area contributed by atoms with E-state index < -0.39 is 5.97 Å². The highest BCUT2D eigenvalue weighted by Gasteiger charge is 2.09. The minimum absolute atomic E-state index is 0.105. The van der Waals surface area contributed by atoms with E-state index in [-0.39, 0.29) is 18.1 Å². The van der Waals surface area contributed by atoms with Crippen LogP contribution in [0.5, 0.6) is 5.75 Å². The fourth-order valence-electron chi connectivity index (χ4n) is 2.12. The zero-order valence-electron chi connectivity index (χ0n) is 13.0. The lowest BCUT2D eigenvalue weighted by Crippen LogP contribution is -2.12. The van der Waals surface area contributed by atoms with Crippen LogP contribution in [0.25, 0.3) is 0 Å². The first-order valence-electron chi connectivity index (χ1n) is 7.40. The van der Waals surface area contributed by atoms with E-state index in [0.29, 0.717) is 29.5 Å². The Morgan fingerprint density at radius 2 is 1.92 bits per heavy atom. The number of anilines is 1. The average Bonchev–Trinajstić information content (AvgIpc) is 3.14. The van der Waals surface area contributed by atoms with Gasteiger partial charge in [-0.05, 0) is 42.5 Å². The molecule has 2 aromatic rings. The SMILES string of the molecule is O=C(O)c1cccc(NC(=O)c2ccc(OCC3=NCN=N3)cc2)c1. The smallest absolute Gasteiger partial charge is 0.335 e. The molecule has 0 radical (unpaired) electrons. The number of rotatable bonds is 6. The van der Waals surface area contributed by atoms with Crippen LogP contribution < -0.4 is 10.1 Å². The first-order valence-corrected chi connectivity index (χ1v) is 7.40. The third-order valence-electron chi connectivity index (χ3n) is 3.35. The molecule has 8 nitrogen and oxygen atoms in total. The second-order valence-corrected chi connectivity index (χ2v) is 5.11. The molecule has 3 rings (SSSR count). The van der Waals surface area contributed by atoms with Gasteiger partial charge in [-0.1, -0.05) is 6.07 Å². The molecule has 126 valence electrons. The number of hydrogen-bond donors (Lipinski definition) is 2. The molecule has 0 aromatic heterocycles. The van der Waals surface area contributed by atoms with Crippen LogP contribution in [0.2, 0.25) is 0 Å². The Hall–Kier alpha value is -3.55. The van der Waals surface area contributed by atoms with Gasteiger partial charge in [-0.3, -0.25) is 4.79 Å². The topological polar surface area (TPSA) is 113 Å². The fraction of sp³-hybridized carbons (Fsp3) is 0.118. The molecule has 0 bridgehead atoms. The van der Waals surface area contributed by atoms with E-state index in [9.17, 15) is 9.59 Å². The minimum Gasteiger partial charge on any atom is -0.486 e. The molecule has 2 aromatic carbocycles. The number of ether oxygens (including phenoxy) is 1. The summed E-state index contributed by atoms with van der Waals surface area (Å²) in [5, 5.41) is 19.2. The maximum Gasteiger partial charge on any atom is 0.335 e. The van der Waals surface area contributed by atoms with Crippen molar-refractivity contribution >= 4 is 23.4 Å². The number of carboxylic acid groups (broad SMARTS) is 1. The van der Waals surface area contributed by atoms with Crippen molar-refractivity contribution in [2.24, 2.45) is 15.2 Å². The number of carbonyl (C=O) groups is 2. The highest BCUT2D eigenvalue weighted by molar-refractivity contribution is 6.04. The number of hydrogen-bond acceptors (Lipinski definition) is 6. The molecule has 1 heterocycles. The van der Waals surface area contributed by atoms with Crippen molar-refractivity contribution in [2.75, 3.05) is 18.6 Å². The number of carbonyl (C=O) groups excluding carboxylic acids is 1. The minimum atomic E-state index is -1.05. The van der Waals surface area contributed by atoms with Gasteiger partial charge in [0.1, 0.15) is 12.4 Å². The van der Waals surface area contributed by atoms with Gasteiger partial charge in [0.15, 0.2) is 12.5 Å². The van der Waals surface area contributed by atoms with Crippen molar-refractivity contribution < 1.29 is 19.4 Å². The van der Waals surface area contributed by atoms with E-state index in [4.69, 9.17) is 9.84 Å². The van der Waals surface area contributed by atoms with Crippen LogP contribution in [0.1, 0.15) is 20.7 Å². The van der Waals surface area contributed by atoms with Crippen molar-refractivity contribution in [1.29, 1.82) is 0 Å². The van der Waals surface area contributed by atoms with Crippen molar-refractivity contribution in [2.45, 2.75) is 0 Å². The Kier molecular flexibility index (Phi) is 4.79. The van der Waals surface area contributed by atoms with Crippen molar-refractivity contribution in [3.63, 3.8) is 0 Å².